The molecule has 0 aliphatic heterocycles. The molecule has 0 amide bonds. The largest absolute Gasteiger partial charge is 0.490 e. The highest BCUT2D eigenvalue weighted by molar-refractivity contribution is 6.30. The molecule has 2 aromatic carbocycles. The topological polar surface area (TPSA) is 9.23 Å². The zero-order valence-electron chi connectivity index (χ0n) is 11.6. The van der Waals surface area contributed by atoms with Gasteiger partial charge in [0.15, 0.2) is 0 Å². The molecule has 0 radical (unpaired) electrons. The van der Waals surface area contributed by atoms with Gasteiger partial charge in [-0.05, 0) is 49.4 Å². The van der Waals surface area contributed by atoms with Gasteiger partial charge in [0.2, 0.25) is 0 Å². The van der Waals surface area contributed by atoms with Gasteiger partial charge in [-0.2, -0.15) is 0 Å². The van der Waals surface area contributed by atoms with Crippen molar-refractivity contribution < 1.29 is 9.13 Å². The van der Waals surface area contributed by atoms with Crippen LogP contribution < -0.4 is 4.74 Å². The van der Waals surface area contributed by atoms with Crippen molar-refractivity contribution in [3.63, 3.8) is 0 Å². The van der Waals surface area contributed by atoms with E-state index >= 15 is 0 Å². The highest BCUT2D eigenvalue weighted by Crippen LogP contribution is 2.14. The van der Waals surface area contributed by atoms with Crippen LogP contribution in [0.2, 0.25) is 5.02 Å². The molecule has 0 N–H and O–H groups in total. The van der Waals surface area contributed by atoms with Gasteiger partial charge in [-0.1, -0.05) is 35.6 Å². The van der Waals surface area contributed by atoms with E-state index in [0.717, 1.165) is 11.3 Å². The Bertz CT molecular complexity index is 693. The molecule has 2 aromatic rings. The molecule has 0 fully saturated rings. The Labute approximate surface area is 129 Å². The third kappa shape index (κ3) is 4.66. The van der Waals surface area contributed by atoms with Gasteiger partial charge < -0.3 is 4.74 Å². The zero-order valence-corrected chi connectivity index (χ0v) is 12.3. The van der Waals surface area contributed by atoms with Gasteiger partial charge in [0.1, 0.15) is 18.2 Å². The standard InChI is InChI=1S/C18H14ClFO/c1-2-3-12-21-17-10-5-14(6-11-17)4-7-15-8-9-16(19)13-18(15)20/h2-3,5-6,8-11,13H,12H2,1H3. The predicted octanol–water partition coefficient (Wildman–Crippen LogP) is 4.83. The average Bonchev–Trinajstić information content (AvgIpc) is 2.48. The summed E-state index contributed by atoms with van der Waals surface area (Å²) in [6.07, 6.45) is 3.86. The van der Waals surface area contributed by atoms with Crippen LogP contribution in [0.25, 0.3) is 0 Å². The number of allylic oxidation sites excluding steroid dienone is 1. The van der Waals surface area contributed by atoms with E-state index in [1.165, 1.54) is 6.07 Å². The lowest BCUT2D eigenvalue weighted by atomic mass is 10.1. The third-order valence-corrected chi connectivity index (χ3v) is 2.94. The van der Waals surface area contributed by atoms with E-state index in [1.807, 2.05) is 43.3 Å². The summed E-state index contributed by atoms with van der Waals surface area (Å²) in [7, 11) is 0. The Balaban J connectivity index is 2.08. The third-order valence-electron chi connectivity index (χ3n) is 2.71. The van der Waals surface area contributed by atoms with Crippen molar-refractivity contribution in [3.05, 3.63) is 76.6 Å². The maximum Gasteiger partial charge on any atom is 0.140 e. The summed E-state index contributed by atoms with van der Waals surface area (Å²) in [6, 6.07) is 11.8. The molecule has 0 spiro atoms. The minimum absolute atomic E-state index is 0.327. The van der Waals surface area contributed by atoms with Crippen LogP contribution in [0, 0.1) is 17.7 Å². The summed E-state index contributed by atoms with van der Waals surface area (Å²) < 4.78 is 19.1. The van der Waals surface area contributed by atoms with Crippen molar-refractivity contribution in [2.45, 2.75) is 6.92 Å². The number of hydrogen-bond donors (Lipinski definition) is 0. The van der Waals surface area contributed by atoms with E-state index in [-0.39, 0.29) is 0 Å². The Morgan fingerprint density at radius 1 is 1.14 bits per heavy atom. The lowest BCUT2D eigenvalue weighted by Crippen LogP contribution is -1.92. The molecule has 0 unspecified atom stereocenters. The second-order valence-electron chi connectivity index (χ2n) is 4.28. The highest BCUT2D eigenvalue weighted by atomic mass is 35.5. The quantitative estimate of drug-likeness (QED) is 0.582. The van der Waals surface area contributed by atoms with Gasteiger partial charge in [-0.15, -0.1) is 0 Å². The van der Waals surface area contributed by atoms with Gasteiger partial charge in [-0.25, -0.2) is 4.39 Å². The summed E-state index contributed by atoms with van der Waals surface area (Å²) >= 11 is 5.70. The SMILES string of the molecule is CC=CCOc1ccc(C#Cc2ccc(Cl)cc2F)cc1. The molecule has 3 heteroatoms. The van der Waals surface area contributed by atoms with Crippen molar-refractivity contribution in [2.75, 3.05) is 6.61 Å². The van der Waals surface area contributed by atoms with Crippen molar-refractivity contribution >= 4 is 11.6 Å². The molecule has 0 aliphatic rings. The van der Waals surface area contributed by atoms with Crippen molar-refractivity contribution in [1.82, 2.24) is 0 Å². The summed E-state index contributed by atoms with van der Waals surface area (Å²) in [6.45, 7) is 2.48. The summed E-state index contributed by atoms with van der Waals surface area (Å²) in [4.78, 5) is 0. The fraction of sp³-hybridized carbons (Fsp3) is 0.111. The second-order valence-corrected chi connectivity index (χ2v) is 4.72. The van der Waals surface area contributed by atoms with Crippen LogP contribution in [0.4, 0.5) is 4.39 Å². The van der Waals surface area contributed by atoms with Crippen LogP contribution in [-0.2, 0) is 0 Å². The molecule has 106 valence electrons. The normalized spacial score (nSPS) is 10.2. The van der Waals surface area contributed by atoms with Crippen molar-refractivity contribution in [3.8, 4) is 17.6 Å². The average molecular weight is 301 g/mol. The second kappa shape index (κ2) is 7.52. The Kier molecular flexibility index (Phi) is 5.43. The first kappa shape index (κ1) is 15.2. The minimum Gasteiger partial charge on any atom is -0.490 e. The fourth-order valence-electron chi connectivity index (χ4n) is 1.61. The van der Waals surface area contributed by atoms with E-state index in [9.17, 15) is 4.39 Å². The van der Waals surface area contributed by atoms with Gasteiger partial charge in [0.25, 0.3) is 0 Å². The maximum atomic E-state index is 13.6. The molecule has 0 heterocycles. The number of halogens is 2. The molecule has 1 nitrogen and oxygen atoms in total. The van der Waals surface area contributed by atoms with Gasteiger partial charge in [0, 0.05) is 10.6 Å². The Hall–Kier alpha value is -2.24. The van der Waals surface area contributed by atoms with Crippen LogP contribution in [0.3, 0.4) is 0 Å². The van der Waals surface area contributed by atoms with E-state index < -0.39 is 5.82 Å². The van der Waals surface area contributed by atoms with E-state index in [2.05, 4.69) is 11.8 Å². The molecule has 0 aromatic heterocycles. The molecule has 2 rings (SSSR count). The summed E-state index contributed by atoms with van der Waals surface area (Å²) in [5, 5.41) is 0.362. The fourth-order valence-corrected chi connectivity index (χ4v) is 1.76. The van der Waals surface area contributed by atoms with Crippen LogP contribution in [-0.4, -0.2) is 6.61 Å². The predicted molar refractivity (Wildman–Crippen MR) is 84.1 cm³/mol. The molecule has 0 saturated heterocycles. The van der Waals surface area contributed by atoms with Crippen LogP contribution >= 0.6 is 11.6 Å². The van der Waals surface area contributed by atoms with Crippen LogP contribution in [0.15, 0.2) is 54.6 Å². The highest BCUT2D eigenvalue weighted by Gasteiger charge is 1.99. The first-order valence-corrected chi connectivity index (χ1v) is 6.88. The maximum absolute atomic E-state index is 13.6. The van der Waals surface area contributed by atoms with Crippen molar-refractivity contribution in [2.24, 2.45) is 0 Å². The molecule has 0 saturated carbocycles. The van der Waals surface area contributed by atoms with Gasteiger partial charge >= 0.3 is 0 Å². The lowest BCUT2D eigenvalue weighted by molar-refractivity contribution is 0.362. The summed E-state index contributed by atoms with van der Waals surface area (Å²) in [5.41, 5.74) is 1.12. The van der Waals surface area contributed by atoms with Crippen LogP contribution in [0.1, 0.15) is 18.1 Å². The molecular weight excluding hydrogens is 287 g/mol. The monoisotopic (exact) mass is 300 g/mol. The smallest absolute Gasteiger partial charge is 0.140 e. The van der Waals surface area contributed by atoms with E-state index in [1.54, 1.807) is 12.1 Å². The lowest BCUT2D eigenvalue weighted by Gasteiger charge is -2.02. The van der Waals surface area contributed by atoms with Crippen LogP contribution in [0.5, 0.6) is 5.75 Å². The van der Waals surface area contributed by atoms with Gasteiger partial charge in [0.05, 0.1) is 5.56 Å². The molecule has 0 aliphatic carbocycles. The first-order chi connectivity index (χ1) is 10.2. The summed E-state index contributed by atoms with van der Waals surface area (Å²) in [5.74, 6) is 6.06. The minimum atomic E-state index is -0.415. The Morgan fingerprint density at radius 2 is 1.90 bits per heavy atom. The molecule has 0 bridgehead atoms. The molecule has 0 atom stereocenters. The number of rotatable bonds is 3. The number of hydrogen-bond acceptors (Lipinski definition) is 1. The number of benzene rings is 2. The molecule has 21 heavy (non-hydrogen) atoms. The van der Waals surface area contributed by atoms with Crippen molar-refractivity contribution in [1.29, 1.82) is 0 Å². The molecular formula is C18H14ClFO. The first-order valence-electron chi connectivity index (χ1n) is 6.50. The Morgan fingerprint density at radius 3 is 2.57 bits per heavy atom. The van der Waals surface area contributed by atoms with E-state index in [0.29, 0.717) is 17.2 Å². The number of ether oxygens (including phenoxy) is 1. The zero-order chi connectivity index (χ0) is 15.1. The van der Waals surface area contributed by atoms with E-state index in [4.69, 9.17) is 16.3 Å². The van der Waals surface area contributed by atoms with Gasteiger partial charge in [-0.3, -0.25) is 0 Å².